The first-order valence-corrected chi connectivity index (χ1v) is 7.09. The molecule has 0 amide bonds. The molecule has 0 radical (unpaired) electrons. The summed E-state index contributed by atoms with van der Waals surface area (Å²) in [7, 11) is 1.58. The van der Waals surface area contributed by atoms with E-state index >= 15 is 0 Å². The lowest BCUT2D eigenvalue weighted by atomic mass is 9.90. The Bertz CT molecular complexity index is 464. The van der Waals surface area contributed by atoms with Gasteiger partial charge < -0.3 is 19.5 Å². The number of benzene rings is 1. The van der Waals surface area contributed by atoms with Gasteiger partial charge in [0.05, 0.1) is 26.0 Å². The highest BCUT2D eigenvalue weighted by atomic mass is 19.1. The molecule has 1 aliphatic carbocycles. The Balaban J connectivity index is 1.62. The Hall–Kier alpha value is -1.33. The van der Waals surface area contributed by atoms with Gasteiger partial charge in [-0.15, -0.1) is 0 Å². The molecule has 1 aliphatic heterocycles. The van der Waals surface area contributed by atoms with Gasteiger partial charge in [-0.25, -0.2) is 4.39 Å². The van der Waals surface area contributed by atoms with Gasteiger partial charge >= 0.3 is 0 Å². The van der Waals surface area contributed by atoms with Crippen molar-refractivity contribution in [3.8, 4) is 5.75 Å². The van der Waals surface area contributed by atoms with Crippen LogP contribution in [0.4, 0.5) is 10.1 Å². The summed E-state index contributed by atoms with van der Waals surface area (Å²) >= 11 is 0. The van der Waals surface area contributed by atoms with Gasteiger partial charge in [-0.3, -0.25) is 0 Å². The highest BCUT2D eigenvalue weighted by Gasteiger charge is 2.40. The third-order valence-electron chi connectivity index (χ3n) is 4.09. The third kappa shape index (κ3) is 2.74. The molecule has 1 saturated heterocycles. The Morgan fingerprint density at radius 2 is 1.95 bits per heavy atom. The predicted molar refractivity (Wildman–Crippen MR) is 73.5 cm³/mol. The van der Waals surface area contributed by atoms with E-state index < -0.39 is 0 Å². The average molecular weight is 281 g/mol. The molecule has 0 atom stereocenters. The fourth-order valence-electron chi connectivity index (χ4n) is 2.95. The lowest BCUT2D eigenvalue weighted by Crippen LogP contribution is -2.39. The van der Waals surface area contributed by atoms with Crippen LogP contribution in [0.25, 0.3) is 0 Å². The zero-order valence-electron chi connectivity index (χ0n) is 11.7. The van der Waals surface area contributed by atoms with Gasteiger partial charge in [-0.05, 0) is 25.0 Å². The number of hydrogen-bond acceptors (Lipinski definition) is 4. The van der Waals surface area contributed by atoms with Gasteiger partial charge in [0.15, 0.2) is 5.79 Å². The van der Waals surface area contributed by atoms with E-state index in [1.54, 1.807) is 19.2 Å². The average Bonchev–Trinajstić information content (AvgIpc) is 2.92. The maximum atomic E-state index is 13.8. The largest absolute Gasteiger partial charge is 0.497 e. The summed E-state index contributed by atoms with van der Waals surface area (Å²) < 4.78 is 30.3. The Morgan fingerprint density at radius 3 is 2.60 bits per heavy atom. The lowest BCUT2D eigenvalue weighted by molar-refractivity contribution is -0.177. The van der Waals surface area contributed by atoms with E-state index in [-0.39, 0.29) is 17.6 Å². The van der Waals surface area contributed by atoms with E-state index in [1.165, 1.54) is 6.07 Å². The van der Waals surface area contributed by atoms with Crippen LogP contribution in [0, 0.1) is 5.82 Å². The van der Waals surface area contributed by atoms with E-state index in [0.717, 1.165) is 25.7 Å². The summed E-state index contributed by atoms with van der Waals surface area (Å²) in [5, 5.41) is 3.26. The zero-order chi connectivity index (χ0) is 14.0. The summed E-state index contributed by atoms with van der Waals surface area (Å²) in [5.41, 5.74) is 0.499. The highest BCUT2D eigenvalue weighted by molar-refractivity contribution is 5.50. The molecular formula is C15H20FNO3. The molecule has 0 bridgehead atoms. The van der Waals surface area contributed by atoms with Crippen molar-refractivity contribution >= 4 is 5.69 Å². The number of rotatable bonds is 3. The van der Waals surface area contributed by atoms with Crippen molar-refractivity contribution in [2.45, 2.75) is 37.5 Å². The number of halogens is 1. The quantitative estimate of drug-likeness (QED) is 0.924. The van der Waals surface area contributed by atoms with E-state index in [9.17, 15) is 4.39 Å². The SMILES string of the molecule is COc1ccc(F)c(NC2CCC3(CC2)OCCO3)c1. The lowest BCUT2D eigenvalue weighted by Gasteiger charge is -2.36. The van der Waals surface area contributed by atoms with Crippen LogP contribution in [0.3, 0.4) is 0 Å². The molecule has 1 heterocycles. The maximum absolute atomic E-state index is 13.8. The molecule has 1 aromatic carbocycles. The number of ether oxygens (including phenoxy) is 3. The highest BCUT2D eigenvalue weighted by Crippen LogP contribution is 2.37. The third-order valence-corrected chi connectivity index (χ3v) is 4.09. The first-order valence-electron chi connectivity index (χ1n) is 7.09. The Morgan fingerprint density at radius 1 is 1.25 bits per heavy atom. The molecule has 5 heteroatoms. The normalized spacial score (nSPS) is 22.1. The van der Waals surface area contributed by atoms with E-state index in [4.69, 9.17) is 14.2 Å². The van der Waals surface area contributed by atoms with Crippen molar-refractivity contribution in [1.82, 2.24) is 0 Å². The van der Waals surface area contributed by atoms with Crippen LogP contribution in [0.1, 0.15) is 25.7 Å². The molecule has 110 valence electrons. The zero-order valence-corrected chi connectivity index (χ0v) is 11.7. The Kier molecular flexibility index (Phi) is 3.81. The van der Waals surface area contributed by atoms with Crippen LogP contribution in [0.5, 0.6) is 5.75 Å². The van der Waals surface area contributed by atoms with E-state index in [0.29, 0.717) is 24.7 Å². The number of methoxy groups -OCH3 is 1. The number of anilines is 1. The maximum Gasteiger partial charge on any atom is 0.168 e. The fourth-order valence-corrected chi connectivity index (χ4v) is 2.95. The summed E-state index contributed by atoms with van der Waals surface area (Å²) in [4.78, 5) is 0. The van der Waals surface area contributed by atoms with Crippen molar-refractivity contribution in [2.24, 2.45) is 0 Å². The second-order valence-electron chi connectivity index (χ2n) is 5.37. The van der Waals surface area contributed by atoms with Crippen LogP contribution in [0.2, 0.25) is 0 Å². The minimum Gasteiger partial charge on any atom is -0.497 e. The number of hydrogen-bond donors (Lipinski definition) is 1. The molecule has 2 fully saturated rings. The van der Waals surface area contributed by atoms with Crippen LogP contribution >= 0.6 is 0 Å². The molecule has 1 aromatic rings. The molecule has 1 N–H and O–H groups in total. The number of nitrogens with one attached hydrogen (secondary N) is 1. The minimum absolute atomic E-state index is 0.245. The van der Waals surface area contributed by atoms with Gasteiger partial charge in [-0.2, -0.15) is 0 Å². The molecule has 2 aliphatic rings. The van der Waals surface area contributed by atoms with E-state index in [2.05, 4.69) is 5.32 Å². The molecule has 3 rings (SSSR count). The molecule has 1 saturated carbocycles. The molecule has 20 heavy (non-hydrogen) atoms. The first kappa shape index (κ1) is 13.6. The van der Waals surface area contributed by atoms with Crippen molar-refractivity contribution < 1.29 is 18.6 Å². The summed E-state index contributed by atoms with van der Waals surface area (Å²) in [5.74, 6) is 0.0357. The van der Waals surface area contributed by atoms with Crippen molar-refractivity contribution in [1.29, 1.82) is 0 Å². The van der Waals surface area contributed by atoms with Crippen LogP contribution in [-0.2, 0) is 9.47 Å². The molecule has 0 unspecified atom stereocenters. The van der Waals surface area contributed by atoms with Crippen LogP contribution in [-0.4, -0.2) is 32.2 Å². The van der Waals surface area contributed by atoms with Crippen molar-refractivity contribution in [3.05, 3.63) is 24.0 Å². The topological polar surface area (TPSA) is 39.7 Å². The summed E-state index contributed by atoms with van der Waals surface area (Å²) in [6.07, 6.45) is 3.54. The second kappa shape index (κ2) is 5.58. The smallest absolute Gasteiger partial charge is 0.168 e. The van der Waals surface area contributed by atoms with Gasteiger partial charge in [0.1, 0.15) is 11.6 Å². The second-order valence-corrected chi connectivity index (χ2v) is 5.37. The fraction of sp³-hybridized carbons (Fsp3) is 0.600. The van der Waals surface area contributed by atoms with Crippen molar-refractivity contribution in [2.75, 3.05) is 25.6 Å². The van der Waals surface area contributed by atoms with Crippen LogP contribution < -0.4 is 10.1 Å². The standard InChI is InChI=1S/C15H20FNO3/c1-18-12-2-3-13(16)14(10-12)17-11-4-6-15(7-5-11)19-8-9-20-15/h2-3,10-11,17H,4-9H2,1H3. The Labute approximate surface area is 118 Å². The molecule has 0 aromatic heterocycles. The molecule has 4 nitrogen and oxygen atoms in total. The van der Waals surface area contributed by atoms with Gasteiger partial charge in [0, 0.05) is 24.9 Å². The monoisotopic (exact) mass is 281 g/mol. The van der Waals surface area contributed by atoms with Gasteiger partial charge in [0.2, 0.25) is 0 Å². The predicted octanol–water partition coefficient (Wildman–Crippen LogP) is 2.93. The van der Waals surface area contributed by atoms with Gasteiger partial charge in [-0.1, -0.05) is 0 Å². The summed E-state index contributed by atoms with van der Waals surface area (Å²) in [6.45, 7) is 1.37. The minimum atomic E-state index is -0.370. The molecule has 1 spiro atoms. The molecular weight excluding hydrogens is 261 g/mol. The van der Waals surface area contributed by atoms with Gasteiger partial charge in [0.25, 0.3) is 0 Å². The van der Waals surface area contributed by atoms with Crippen LogP contribution in [0.15, 0.2) is 18.2 Å². The first-order chi connectivity index (χ1) is 9.71. The summed E-state index contributed by atoms with van der Waals surface area (Å²) in [6, 6.07) is 4.99. The van der Waals surface area contributed by atoms with E-state index in [1.807, 2.05) is 0 Å². The van der Waals surface area contributed by atoms with Crippen molar-refractivity contribution in [3.63, 3.8) is 0 Å².